The van der Waals surface area contributed by atoms with Crippen LogP contribution >= 0.6 is 0 Å². The van der Waals surface area contributed by atoms with Crippen LogP contribution < -0.4 is 10.6 Å². The van der Waals surface area contributed by atoms with Gasteiger partial charge in [-0.2, -0.15) is 5.10 Å². The number of fused-ring (bicyclic) bond motifs is 1. The number of nitrogens with one attached hydrogen (secondary N) is 2. The number of benzene rings is 1. The fraction of sp³-hybridized carbons (Fsp3) is 0.524. The summed E-state index contributed by atoms with van der Waals surface area (Å²) >= 11 is 0. The van der Waals surface area contributed by atoms with Crippen molar-refractivity contribution in [3.05, 3.63) is 47.3 Å². The minimum Gasteiger partial charge on any atom is -0.351 e. The molecule has 5 heteroatoms. The molecule has 2 heterocycles. The number of hydrogen-bond donors (Lipinski definition) is 2. The molecule has 3 atom stereocenters. The first-order chi connectivity index (χ1) is 12.6. The highest BCUT2D eigenvalue weighted by atomic mass is 16.2. The van der Waals surface area contributed by atoms with Crippen LogP contribution in [0.4, 0.5) is 0 Å². The van der Waals surface area contributed by atoms with Gasteiger partial charge in [-0.25, -0.2) is 4.68 Å². The maximum atomic E-state index is 12.7. The monoisotopic (exact) mass is 352 g/mol. The normalized spacial score (nSPS) is 25.1. The number of carbonyl (C=O) groups is 1. The lowest BCUT2D eigenvalue weighted by molar-refractivity contribution is -0.123. The highest BCUT2D eigenvalue weighted by molar-refractivity contribution is 5.82. The molecule has 0 bridgehead atoms. The quantitative estimate of drug-likeness (QED) is 0.889. The van der Waals surface area contributed by atoms with Crippen molar-refractivity contribution in [1.82, 2.24) is 20.4 Å². The van der Waals surface area contributed by atoms with Crippen LogP contribution in [0, 0.1) is 19.8 Å². The van der Waals surface area contributed by atoms with Crippen molar-refractivity contribution in [1.29, 1.82) is 0 Å². The van der Waals surface area contributed by atoms with E-state index in [9.17, 15) is 4.79 Å². The van der Waals surface area contributed by atoms with Crippen molar-refractivity contribution in [2.45, 2.75) is 64.6 Å². The summed E-state index contributed by atoms with van der Waals surface area (Å²) < 4.78 is 1.96. The predicted octanol–water partition coefficient (Wildman–Crippen LogP) is 3.03. The summed E-state index contributed by atoms with van der Waals surface area (Å²) in [6.07, 6.45) is 6.07. The number of amides is 1. The van der Waals surface area contributed by atoms with Gasteiger partial charge in [-0.1, -0.05) is 31.0 Å². The number of para-hydroxylation sites is 1. The van der Waals surface area contributed by atoms with Crippen LogP contribution in [0.3, 0.4) is 0 Å². The lowest BCUT2D eigenvalue weighted by atomic mass is 9.85. The summed E-state index contributed by atoms with van der Waals surface area (Å²) in [6.45, 7) is 4.62. The van der Waals surface area contributed by atoms with Crippen LogP contribution in [0.5, 0.6) is 0 Å². The van der Waals surface area contributed by atoms with Gasteiger partial charge < -0.3 is 10.6 Å². The molecule has 1 aliphatic heterocycles. The number of aryl methyl sites for hydroxylation is 1. The highest BCUT2D eigenvalue weighted by Gasteiger charge is 2.38. The first-order valence-corrected chi connectivity index (χ1v) is 9.78. The molecular formula is C21H28N4O. The number of hydrogen-bond acceptors (Lipinski definition) is 3. The third-order valence-corrected chi connectivity index (χ3v) is 6.06. The van der Waals surface area contributed by atoms with E-state index < -0.39 is 0 Å². The molecule has 26 heavy (non-hydrogen) atoms. The molecule has 1 saturated heterocycles. The van der Waals surface area contributed by atoms with Gasteiger partial charge in [0.15, 0.2) is 0 Å². The molecule has 2 N–H and O–H groups in total. The Hall–Kier alpha value is -2.14. The Morgan fingerprint density at radius 3 is 2.77 bits per heavy atom. The summed E-state index contributed by atoms with van der Waals surface area (Å²) in [7, 11) is 0. The van der Waals surface area contributed by atoms with E-state index in [1.54, 1.807) is 0 Å². The van der Waals surface area contributed by atoms with Gasteiger partial charge in [0.25, 0.3) is 0 Å². The smallest absolute Gasteiger partial charge is 0.237 e. The van der Waals surface area contributed by atoms with Gasteiger partial charge in [0.05, 0.1) is 17.4 Å². The van der Waals surface area contributed by atoms with Gasteiger partial charge >= 0.3 is 0 Å². The van der Waals surface area contributed by atoms with E-state index in [0.29, 0.717) is 18.5 Å². The summed E-state index contributed by atoms with van der Waals surface area (Å²) in [6, 6.07) is 10.6. The second-order valence-electron chi connectivity index (χ2n) is 7.72. The standard InChI is InChI=1S/C21H28N4O/c1-14-18(15(2)25(24-14)17-9-4-3-5-10-17)13-22-21(26)20-12-16-8-6-7-11-19(16)23-20/h3-5,9-10,16,19-20,23H,6-8,11-13H2,1-2H3,(H,22,26). The maximum absolute atomic E-state index is 12.7. The van der Waals surface area contributed by atoms with Gasteiger partial charge in [0.2, 0.25) is 5.91 Å². The predicted molar refractivity (Wildman–Crippen MR) is 102 cm³/mol. The van der Waals surface area contributed by atoms with E-state index in [4.69, 9.17) is 0 Å². The van der Waals surface area contributed by atoms with Crippen LogP contribution in [0.1, 0.15) is 49.1 Å². The molecule has 0 radical (unpaired) electrons. The summed E-state index contributed by atoms with van der Waals surface area (Å²) in [5.74, 6) is 0.814. The lowest BCUT2D eigenvalue weighted by Crippen LogP contribution is -2.43. The average molecular weight is 352 g/mol. The van der Waals surface area contributed by atoms with Crippen molar-refractivity contribution in [2.24, 2.45) is 5.92 Å². The van der Waals surface area contributed by atoms with Crippen molar-refractivity contribution >= 4 is 5.91 Å². The molecule has 5 nitrogen and oxygen atoms in total. The number of nitrogens with zero attached hydrogens (tertiary/aromatic N) is 2. The third kappa shape index (κ3) is 3.28. The second-order valence-corrected chi connectivity index (χ2v) is 7.72. The molecule has 138 valence electrons. The molecule has 2 aliphatic rings. The maximum Gasteiger partial charge on any atom is 0.237 e. The molecule has 2 fully saturated rings. The Morgan fingerprint density at radius 1 is 1.23 bits per heavy atom. The fourth-order valence-electron chi connectivity index (χ4n) is 4.57. The van der Waals surface area contributed by atoms with Crippen LogP contribution in [0.15, 0.2) is 30.3 Å². The molecule has 2 aromatic rings. The van der Waals surface area contributed by atoms with Gasteiger partial charge in [0, 0.05) is 23.8 Å². The number of aromatic nitrogens is 2. The van der Waals surface area contributed by atoms with Crippen LogP contribution in [0.25, 0.3) is 5.69 Å². The Balaban J connectivity index is 1.42. The van der Waals surface area contributed by atoms with E-state index in [-0.39, 0.29) is 11.9 Å². The Morgan fingerprint density at radius 2 is 2.00 bits per heavy atom. The lowest BCUT2D eigenvalue weighted by Gasteiger charge is -2.24. The molecule has 4 rings (SSSR count). The highest BCUT2D eigenvalue weighted by Crippen LogP contribution is 2.33. The third-order valence-electron chi connectivity index (χ3n) is 6.06. The zero-order valence-corrected chi connectivity index (χ0v) is 15.7. The van der Waals surface area contributed by atoms with E-state index >= 15 is 0 Å². The Labute approximate surface area is 155 Å². The number of carbonyl (C=O) groups excluding carboxylic acids is 1. The van der Waals surface area contributed by atoms with Gasteiger partial charge in [-0.05, 0) is 51.2 Å². The zero-order valence-electron chi connectivity index (χ0n) is 15.7. The van der Waals surface area contributed by atoms with Crippen LogP contribution in [-0.2, 0) is 11.3 Å². The van der Waals surface area contributed by atoms with Crippen molar-refractivity contribution < 1.29 is 4.79 Å². The van der Waals surface area contributed by atoms with Crippen molar-refractivity contribution in [2.75, 3.05) is 0 Å². The summed E-state index contributed by atoms with van der Waals surface area (Å²) in [5, 5.41) is 11.4. The zero-order chi connectivity index (χ0) is 18.1. The first-order valence-electron chi connectivity index (χ1n) is 9.78. The Kier molecular flexibility index (Phi) is 4.81. The summed E-state index contributed by atoms with van der Waals surface area (Å²) in [4.78, 5) is 12.7. The second kappa shape index (κ2) is 7.23. The minimum absolute atomic E-state index is 0.0344. The molecule has 1 saturated carbocycles. The van der Waals surface area contributed by atoms with Crippen molar-refractivity contribution in [3.63, 3.8) is 0 Å². The molecular weight excluding hydrogens is 324 g/mol. The van der Waals surface area contributed by atoms with E-state index in [1.807, 2.05) is 41.9 Å². The molecule has 0 spiro atoms. The van der Waals surface area contributed by atoms with Crippen LogP contribution in [0.2, 0.25) is 0 Å². The van der Waals surface area contributed by atoms with Gasteiger partial charge in [0.1, 0.15) is 0 Å². The SMILES string of the molecule is Cc1nn(-c2ccccc2)c(C)c1CNC(=O)C1CC2CCCCC2N1. The molecule has 1 aromatic carbocycles. The largest absolute Gasteiger partial charge is 0.351 e. The average Bonchev–Trinajstić information content (AvgIpc) is 3.22. The molecule has 1 aliphatic carbocycles. The van der Waals surface area contributed by atoms with Gasteiger partial charge in [-0.3, -0.25) is 4.79 Å². The number of rotatable bonds is 4. The fourth-order valence-corrected chi connectivity index (χ4v) is 4.57. The topological polar surface area (TPSA) is 59.0 Å². The summed E-state index contributed by atoms with van der Waals surface area (Å²) in [5.41, 5.74) is 4.21. The van der Waals surface area contributed by atoms with E-state index in [0.717, 1.165) is 29.1 Å². The molecule has 1 aromatic heterocycles. The van der Waals surface area contributed by atoms with Crippen molar-refractivity contribution in [3.8, 4) is 5.69 Å². The van der Waals surface area contributed by atoms with Gasteiger partial charge in [-0.15, -0.1) is 0 Å². The van der Waals surface area contributed by atoms with Crippen LogP contribution in [-0.4, -0.2) is 27.8 Å². The van der Waals surface area contributed by atoms with E-state index in [2.05, 4.69) is 22.7 Å². The minimum atomic E-state index is -0.0344. The molecule has 1 amide bonds. The first kappa shape index (κ1) is 17.3. The van der Waals surface area contributed by atoms with E-state index in [1.165, 1.54) is 25.7 Å². The molecule has 3 unspecified atom stereocenters. The Bertz CT molecular complexity index is 769.